The van der Waals surface area contributed by atoms with Crippen molar-refractivity contribution in [3.63, 3.8) is 0 Å². The first-order valence-electron chi connectivity index (χ1n) is 8.07. The van der Waals surface area contributed by atoms with Gasteiger partial charge in [-0.2, -0.15) is 0 Å². The largest absolute Gasteiger partial charge is 0.486 e. The summed E-state index contributed by atoms with van der Waals surface area (Å²) in [5, 5.41) is 23.1. The quantitative estimate of drug-likeness (QED) is 0.625. The minimum absolute atomic E-state index is 0.0883. The summed E-state index contributed by atoms with van der Waals surface area (Å²) in [4.78, 5) is 34.1. The lowest BCUT2D eigenvalue weighted by atomic mass is 9.86. The number of nitro benzene ring substituents is 1. The molecule has 2 N–H and O–H groups in total. The van der Waals surface area contributed by atoms with Crippen LogP contribution in [-0.2, 0) is 4.79 Å². The number of ether oxygens (including phenoxy) is 2. The van der Waals surface area contributed by atoms with Crippen LogP contribution in [0.2, 0.25) is 0 Å². The van der Waals surface area contributed by atoms with Crippen molar-refractivity contribution in [2.24, 2.45) is 5.92 Å². The highest BCUT2D eigenvalue weighted by atomic mass is 16.6. The predicted molar refractivity (Wildman–Crippen MR) is 84.9 cm³/mol. The van der Waals surface area contributed by atoms with Crippen molar-refractivity contribution in [1.82, 2.24) is 5.32 Å². The minimum Gasteiger partial charge on any atom is -0.486 e. The molecule has 1 saturated carbocycles. The molecular formula is C16H18N2O7. The van der Waals surface area contributed by atoms with Crippen LogP contribution in [0, 0.1) is 16.0 Å². The molecule has 1 fully saturated rings. The molecule has 134 valence electrons. The lowest BCUT2D eigenvalue weighted by Crippen LogP contribution is -2.39. The van der Waals surface area contributed by atoms with Crippen molar-refractivity contribution < 1.29 is 29.1 Å². The molecule has 1 heterocycles. The molecule has 1 aliphatic carbocycles. The number of fused-ring (bicyclic) bond motifs is 1. The normalized spacial score (nSPS) is 22.1. The van der Waals surface area contributed by atoms with Gasteiger partial charge in [-0.25, -0.2) is 0 Å². The molecule has 3 rings (SSSR count). The highest BCUT2D eigenvalue weighted by molar-refractivity contribution is 5.99. The Morgan fingerprint density at radius 1 is 1.12 bits per heavy atom. The number of hydrogen-bond acceptors (Lipinski definition) is 6. The Hall–Kier alpha value is -2.84. The first-order valence-corrected chi connectivity index (χ1v) is 8.07. The fraction of sp³-hybridized carbons (Fsp3) is 0.500. The van der Waals surface area contributed by atoms with Gasteiger partial charge in [0, 0.05) is 12.1 Å². The van der Waals surface area contributed by atoms with Gasteiger partial charge in [0.05, 0.1) is 16.9 Å². The molecular weight excluding hydrogens is 332 g/mol. The van der Waals surface area contributed by atoms with E-state index in [1.54, 1.807) is 0 Å². The van der Waals surface area contributed by atoms with E-state index in [9.17, 15) is 19.7 Å². The van der Waals surface area contributed by atoms with Gasteiger partial charge in [-0.1, -0.05) is 0 Å². The number of carbonyl (C=O) groups excluding carboxylic acids is 1. The van der Waals surface area contributed by atoms with Crippen molar-refractivity contribution >= 4 is 17.6 Å². The van der Waals surface area contributed by atoms with Gasteiger partial charge in [-0.05, 0) is 25.7 Å². The van der Waals surface area contributed by atoms with E-state index in [-0.39, 0.29) is 23.0 Å². The molecule has 0 spiro atoms. The lowest BCUT2D eigenvalue weighted by Gasteiger charge is -2.27. The summed E-state index contributed by atoms with van der Waals surface area (Å²) < 4.78 is 10.7. The maximum Gasteiger partial charge on any atom is 0.306 e. The van der Waals surface area contributed by atoms with Crippen LogP contribution in [0.5, 0.6) is 11.5 Å². The number of carbonyl (C=O) groups is 2. The summed E-state index contributed by atoms with van der Waals surface area (Å²) in [6.45, 7) is 0.605. The zero-order valence-corrected chi connectivity index (χ0v) is 13.4. The number of nitrogens with zero attached hydrogens (tertiary/aromatic N) is 1. The Bertz CT molecular complexity index is 711. The van der Waals surface area contributed by atoms with Crippen molar-refractivity contribution in [2.75, 3.05) is 13.2 Å². The van der Waals surface area contributed by atoms with Gasteiger partial charge in [0.25, 0.3) is 11.6 Å². The van der Waals surface area contributed by atoms with E-state index in [1.807, 2.05) is 0 Å². The number of nitrogens with one attached hydrogen (secondary N) is 1. The third kappa shape index (κ3) is 3.65. The highest BCUT2D eigenvalue weighted by Crippen LogP contribution is 2.36. The molecule has 1 aromatic rings. The smallest absolute Gasteiger partial charge is 0.306 e. The number of carboxylic acid groups (broad SMARTS) is 1. The fourth-order valence-corrected chi connectivity index (χ4v) is 3.16. The molecule has 0 saturated heterocycles. The first kappa shape index (κ1) is 17.0. The van der Waals surface area contributed by atoms with Gasteiger partial charge >= 0.3 is 5.97 Å². The molecule has 1 aromatic carbocycles. The topological polar surface area (TPSA) is 128 Å². The van der Waals surface area contributed by atoms with E-state index in [1.165, 1.54) is 12.1 Å². The SMILES string of the molecule is O=C(NC1CCC(C(=O)O)CC1)c1cc2c(cc1[N+](=O)[O-])OCCO2. The number of rotatable bonds is 4. The van der Waals surface area contributed by atoms with E-state index >= 15 is 0 Å². The third-order valence-corrected chi connectivity index (χ3v) is 4.51. The molecule has 1 aliphatic heterocycles. The first-order chi connectivity index (χ1) is 12.0. The zero-order chi connectivity index (χ0) is 18.0. The Labute approximate surface area is 143 Å². The van der Waals surface area contributed by atoms with Crippen molar-refractivity contribution in [2.45, 2.75) is 31.7 Å². The van der Waals surface area contributed by atoms with Crippen LogP contribution >= 0.6 is 0 Å². The monoisotopic (exact) mass is 350 g/mol. The second-order valence-corrected chi connectivity index (χ2v) is 6.13. The van der Waals surface area contributed by atoms with Crippen LogP contribution in [-0.4, -0.2) is 41.2 Å². The third-order valence-electron chi connectivity index (χ3n) is 4.51. The summed E-state index contributed by atoms with van der Waals surface area (Å²) in [6.07, 6.45) is 2.01. The van der Waals surface area contributed by atoms with Crippen molar-refractivity contribution in [3.8, 4) is 11.5 Å². The Morgan fingerprint density at radius 3 is 2.28 bits per heavy atom. The minimum atomic E-state index is -0.827. The summed E-state index contributed by atoms with van der Waals surface area (Å²) >= 11 is 0. The van der Waals surface area contributed by atoms with Gasteiger partial charge in [-0.3, -0.25) is 19.7 Å². The standard InChI is InChI=1S/C16H18N2O7/c19-15(17-10-3-1-9(2-4-10)16(20)21)11-7-13-14(25-6-5-24-13)8-12(11)18(22)23/h7-10H,1-6H2,(H,17,19)(H,20,21). The second kappa shape index (κ2) is 6.96. The van der Waals surface area contributed by atoms with Crippen LogP contribution in [0.1, 0.15) is 36.0 Å². The van der Waals surface area contributed by atoms with E-state index in [0.717, 1.165) is 0 Å². The highest BCUT2D eigenvalue weighted by Gasteiger charge is 2.30. The number of nitro groups is 1. The van der Waals surface area contributed by atoms with Crippen LogP contribution in [0.3, 0.4) is 0 Å². The molecule has 2 aliphatic rings. The average molecular weight is 350 g/mol. The van der Waals surface area contributed by atoms with Gasteiger partial charge in [0.2, 0.25) is 0 Å². The van der Waals surface area contributed by atoms with Crippen molar-refractivity contribution in [1.29, 1.82) is 0 Å². The molecule has 0 radical (unpaired) electrons. The molecule has 0 aromatic heterocycles. The predicted octanol–water partition coefficient (Wildman–Crippen LogP) is 1.74. The molecule has 9 nitrogen and oxygen atoms in total. The summed E-state index contributed by atoms with van der Waals surface area (Å²) in [5.41, 5.74) is -0.435. The van der Waals surface area contributed by atoms with Crippen LogP contribution < -0.4 is 14.8 Å². The number of benzene rings is 1. The summed E-state index contributed by atoms with van der Waals surface area (Å²) in [5.74, 6) is -1.24. The van der Waals surface area contributed by atoms with E-state index in [0.29, 0.717) is 44.6 Å². The van der Waals surface area contributed by atoms with Gasteiger partial charge < -0.3 is 19.9 Å². The van der Waals surface area contributed by atoms with Crippen LogP contribution in [0.4, 0.5) is 5.69 Å². The van der Waals surface area contributed by atoms with E-state index < -0.39 is 22.7 Å². The molecule has 0 atom stereocenters. The maximum atomic E-state index is 12.5. The Balaban J connectivity index is 1.75. The lowest BCUT2D eigenvalue weighted by molar-refractivity contribution is -0.385. The van der Waals surface area contributed by atoms with Crippen molar-refractivity contribution in [3.05, 3.63) is 27.8 Å². The van der Waals surface area contributed by atoms with Gasteiger partial charge in [0.15, 0.2) is 11.5 Å². The number of aliphatic carboxylic acids is 1. The number of carboxylic acids is 1. The number of amides is 1. The molecule has 9 heteroatoms. The molecule has 0 unspecified atom stereocenters. The average Bonchev–Trinajstić information content (AvgIpc) is 2.61. The van der Waals surface area contributed by atoms with E-state index in [4.69, 9.17) is 14.6 Å². The van der Waals surface area contributed by atoms with E-state index in [2.05, 4.69) is 5.32 Å². The Morgan fingerprint density at radius 2 is 1.72 bits per heavy atom. The van der Waals surface area contributed by atoms with Crippen LogP contribution in [0.25, 0.3) is 0 Å². The maximum absolute atomic E-state index is 12.5. The molecule has 25 heavy (non-hydrogen) atoms. The number of hydrogen-bond donors (Lipinski definition) is 2. The Kier molecular flexibility index (Phi) is 4.73. The van der Waals surface area contributed by atoms with Crippen LogP contribution in [0.15, 0.2) is 12.1 Å². The second-order valence-electron chi connectivity index (χ2n) is 6.13. The zero-order valence-electron chi connectivity index (χ0n) is 13.4. The van der Waals surface area contributed by atoms with Gasteiger partial charge in [0.1, 0.15) is 18.8 Å². The summed E-state index contributed by atoms with van der Waals surface area (Å²) in [6, 6.07) is 2.33. The summed E-state index contributed by atoms with van der Waals surface area (Å²) in [7, 11) is 0. The molecule has 0 bridgehead atoms. The van der Waals surface area contributed by atoms with Gasteiger partial charge in [-0.15, -0.1) is 0 Å². The fourth-order valence-electron chi connectivity index (χ4n) is 3.16. The molecule has 1 amide bonds.